The average molecular weight is 336 g/mol. The topological polar surface area (TPSA) is 55.1 Å². The maximum atomic E-state index is 12.4. The van der Waals surface area contributed by atoms with E-state index in [1.165, 1.54) is 0 Å². The van der Waals surface area contributed by atoms with Crippen molar-refractivity contribution in [2.75, 3.05) is 5.32 Å². The Labute approximate surface area is 148 Å². The number of rotatable bonds is 4. The van der Waals surface area contributed by atoms with Gasteiger partial charge in [-0.15, -0.1) is 0 Å². The minimum Gasteiger partial charge on any atom is -0.445 e. The standard InChI is InChI=1S/C21H24N2O2/c1-14-18(25-20(22-14)21(2,3)4)12-13-19(24)23-17-11-7-9-15-8-5-6-10-16(15)17/h5-11H,12-13H2,1-4H3,(H,23,24). The van der Waals surface area contributed by atoms with Gasteiger partial charge in [0, 0.05) is 29.3 Å². The number of carbonyl (C=O) groups is 1. The molecule has 0 bridgehead atoms. The Morgan fingerprint density at radius 1 is 1.12 bits per heavy atom. The molecular formula is C21H24N2O2. The van der Waals surface area contributed by atoms with Gasteiger partial charge in [0.2, 0.25) is 5.91 Å². The number of aromatic nitrogens is 1. The zero-order valence-corrected chi connectivity index (χ0v) is 15.2. The predicted octanol–water partition coefficient (Wildman–Crippen LogP) is 5.01. The van der Waals surface area contributed by atoms with Gasteiger partial charge in [0.15, 0.2) is 5.89 Å². The lowest BCUT2D eigenvalue weighted by Gasteiger charge is -2.12. The predicted molar refractivity (Wildman–Crippen MR) is 101 cm³/mol. The van der Waals surface area contributed by atoms with Crippen LogP contribution in [0.1, 0.15) is 44.5 Å². The van der Waals surface area contributed by atoms with Gasteiger partial charge in [-0.05, 0) is 18.4 Å². The van der Waals surface area contributed by atoms with Gasteiger partial charge >= 0.3 is 0 Å². The fourth-order valence-electron chi connectivity index (χ4n) is 2.75. The van der Waals surface area contributed by atoms with Gasteiger partial charge in [-0.3, -0.25) is 4.79 Å². The number of fused-ring (bicyclic) bond motifs is 1. The largest absolute Gasteiger partial charge is 0.445 e. The summed E-state index contributed by atoms with van der Waals surface area (Å²) in [6, 6.07) is 13.9. The minimum absolute atomic E-state index is 0.0236. The maximum Gasteiger partial charge on any atom is 0.224 e. The van der Waals surface area contributed by atoms with Crippen LogP contribution in [0.3, 0.4) is 0 Å². The maximum absolute atomic E-state index is 12.4. The number of amides is 1. The van der Waals surface area contributed by atoms with E-state index in [2.05, 4.69) is 31.1 Å². The van der Waals surface area contributed by atoms with Gasteiger partial charge < -0.3 is 9.73 Å². The van der Waals surface area contributed by atoms with Crippen molar-refractivity contribution in [1.82, 2.24) is 4.98 Å². The van der Waals surface area contributed by atoms with Crippen molar-refractivity contribution in [3.8, 4) is 0 Å². The van der Waals surface area contributed by atoms with E-state index in [-0.39, 0.29) is 11.3 Å². The average Bonchev–Trinajstić information content (AvgIpc) is 2.95. The highest BCUT2D eigenvalue weighted by atomic mass is 16.4. The fraction of sp³-hybridized carbons (Fsp3) is 0.333. The summed E-state index contributed by atoms with van der Waals surface area (Å²) < 4.78 is 5.86. The molecule has 0 aliphatic rings. The molecule has 0 spiro atoms. The lowest BCUT2D eigenvalue weighted by Crippen LogP contribution is -2.12. The second kappa shape index (κ2) is 6.71. The molecule has 1 N–H and O–H groups in total. The first-order chi connectivity index (χ1) is 11.8. The number of anilines is 1. The van der Waals surface area contributed by atoms with Crippen LogP contribution in [0.4, 0.5) is 5.69 Å². The molecule has 1 aromatic heterocycles. The summed E-state index contributed by atoms with van der Waals surface area (Å²) in [5, 5.41) is 5.17. The zero-order valence-electron chi connectivity index (χ0n) is 15.2. The molecule has 4 nitrogen and oxygen atoms in total. The summed E-state index contributed by atoms with van der Waals surface area (Å²) in [6.45, 7) is 8.12. The molecule has 0 atom stereocenters. The van der Waals surface area contributed by atoms with Crippen LogP contribution in [-0.4, -0.2) is 10.9 Å². The number of carbonyl (C=O) groups excluding carboxylic acids is 1. The first-order valence-electron chi connectivity index (χ1n) is 8.59. The zero-order chi connectivity index (χ0) is 18.0. The molecule has 130 valence electrons. The van der Waals surface area contributed by atoms with Crippen molar-refractivity contribution in [3.05, 3.63) is 59.8 Å². The lowest BCUT2D eigenvalue weighted by atomic mass is 9.97. The molecular weight excluding hydrogens is 312 g/mol. The first kappa shape index (κ1) is 17.2. The molecule has 0 unspecified atom stereocenters. The van der Waals surface area contributed by atoms with E-state index in [4.69, 9.17) is 4.42 Å². The second-order valence-corrected chi connectivity index (χ2v) is 7.35. The van der Waals surface area contributed by atoms with Gasteiger partial charge in [-0.1, -0.05) is 57.2 Å². The molecule has 0 fully saturated rings. The highest BCUT2D eigenvalue weighted by Crippen LogP contribution is 2.25. The van der Waals surface area contributed by atoms with Crippen LogP contribution in [-0.2, 0) is 16.6 Å². The van der Waals surface area contributed by atoms with E-state index in [0.717, 1.165) is 33.8 Å². The Morgan fingerprint density at radius 3 is 2.56 bits per heavy atom. The van der Waals surface area contributed by atoms with Crippen molar-refractivity contribution in [2.45, 2.75) is 46.0 Å². The van der Waals surface area contributed by atoms with Crippen LogP contribution in [0.2, 0.25) is 0 Å². The highest BCUT2D eigenvalue weighted by Gasteiger charge is 2.22. The van der Waals surface area contributed by atoms with Crippen molar-refractivity contribution >= 4 is 22.4 Å². The molecule has 0 saturated heterocycles. The van der Waals surface area contributed by atoms with Gasteiger partial charge in [0.25, 0.3) is 0 Å². The Kier molecular flexibility index (Phi) is 4.62. The summed E-state index contributed by atoms with van der Waals surface area (Å²) in [4.78, 5) is 16.9. The highest BCUT2D eigenvalue weighted by molar-refractivity contribution is 6.02. The van der Waals surface area contributed by atoms with Crippen LogP contribution in [0.25, 0.3) is 10.8 Å². The number of nitrogens with one attached hydrogen (secondary N) is 1. The molecule has 0 saturated carbocycles. The SMILES string of the molecule is Cc1nc(C(C)(C)C)oc1CCC(=O)Nc1cccc2ccccc12. The van der Waals surface area contributed by atoms with Gasteiger partial charge in [-0.2, -0.15) is 0 Å². The van der Waals surface area contributed by atoms with Crippen molar-refractivity contribution in [1.29, 1.82) is 0 Å². The van der Waals surface area contributed by atoms with Crippen molar-refractivity contribution in [2.24, 2.45) is 0 Å². The van der Waals surface area contributed by atoms with Crippen LogP contribution >= 0.6 is 0 Å². The van der Waals surface area contributed by atoms with Crippen LogP contribution < -0.4 is 5.32 Å². The van der Waals surface area contributed by atoms with Gasteiger partial charge in [-0.25, -0.2) is 4.98 Å². The molecule has 0 aliphatic carbocycles. The lowest BCUT2D eigenvalue weighted by molar-refractivity contribution is -0.116. The number of hydrogen-bond acceptors (Lipinski definition) is 3. The molecule has 1 heterocycles. The van der Waals surface area contributed by atoms with E-state index in [1.807, 2.05) is 49.4 Å². The van der Waals surface area contributed by atoms with Gasteiger partial charge in [0.1, 0.15) is 5.76 Å². The van der Waals surface area contributed by atoms with E-state index < -0.39 is 0 Å². The van der Waals surface area contributed by atoms with Crippen molar-refractivity contribution in [3.63, 3.8) is 0 Å². The fourth-order valence-corrected chi connectivity index (χ4v) is 2.75. The van der Waals surface area contributed by atoms with Crippen LogP contribution in [0.15, 0.2) is 46.9 Å². The number of oxazole rings is 1. The molecule has 0 radical (unpaired) electrons. The third kappa shape index (κ3) is 3.90. The molecule has 4 heteroatoms. The second-order valence-electron chi connectivity index (χ2n) is 7.35. The summed E-state index contributed by atoms with van der Waals surface area (Å²) in [7, 11) is 0. The Morgan fingerprint density at radius 2 is 1.84 bits per heavy atom. The summed E-state index contributed by atoms with van der Waals surface area (Å²) >= 11 is 0. The molecule has 25 heavy (non-hydrogen) atoms. The van der Waals surface area contributed by atoms with Crippen LogP contribution in [0.5, 0.6) is 0 Å². The number of hydrogen-bond donors (Lipinski definition) is 1. The first-order valence-corrected chi connectivity index (χ1v) is 8.59. The summed E-state index contributed by atoms with van der Waals surface area (Å²) in [5.74, 6) is 1.48. The van der Waals surface area contributed by atoms with Crippen molar-refractivity contribution < 1.29 is 9.21 Å². The minimum atomic E-state index is -0.131. The van der Waals surface area contributed by atoms with E-state index in [0.29, 0.717) is 12.8 Å². The summed E-state index contributed by atoms with van der Waals surface area (Å²) in [5.41, 5.74) is 1.57. The molecule has 3 rings (SSSR count). The van der Waals surface area contributed by atoms with E-state index in [9.17, 15) is 4.79 Å². The molecule has 2 aromatic carbocycles. The number of benzene rings is 2. The van der Waals surface area contributed by atoms with Gasteiger partial charge in [0.05, 0.1) is 5.69 Å². The third-order valence-corrected chi connectivity index (χ3v) is 4.18. The summed E-state index contributed by atoms with van der Waals surface area (Å²) in [6.07, 6.45) is 0.911. The smallest absolute Gasteiger partial charge is 0.224 e. The Balaban J connectivity index is 1.68. The normalized spacial score (nSPS) is 11.7. The molecule has 0 aliphatic heterocycles. The monoisotopic (exact) mass is 336 g/mol. The molecule has 3 aromatic rings. The Hall–Kier alpha value is -2.62. The van der Waals surface area contributed by atoms with E-state index >= 15 is 0 Å². The molecule has 1 amide bonds. The Bertz CT molecular complexity index is 898. The number of nitrogens with zero attached hydrogens (tertiary/aromatic N) is 1. The number of aryl methyl sites for hydroxylation is 2. The third-order valence-electron chi connectivity index (χ3n) is 4.18. The quantitative estimate of drug-likeness (QED) is 0.729. The van der Waals surface area contributed by atoms with E-state index in [1.54, 1.807) is 0 Å². The van der Waals surface area contributed by atoms with Crippen LogP contribution in [0, 0.1) is 6.92 Å².